The van der Waals surface area contributed by atoms with Gasteiger partial charge in [0.1, 0.15) is 0 Å². The number of anilines is 2. The van der Waals surface area contributed by atoms with Gasteiger partial charge in [0.25, 0.3) is 0 Å². The number of para-hydroxylation sites is 1. The Kier molecular flexibility index (Phi) is 5.71. The number of carbonyl (C=O) groups excluding carboxylic acids is 1. The third-order valence-corrected chi connectivity index (χ3v) is 6.71. The molecule has 1 aromatic heterocycles. The van der Waals surface area contributed by atoms with Crippen LogP contribution < -0.4 is 14.9 Å². The Labute approximate surface area is 175 Å². The molecule has 4 rings (SSSR count). The Hall–Kier alpha value is -3.33. The first-order chi connectivity index (χ1) is 14.5. The number of nitrogens with one attached hydrogen (secondary N) is 2. The van der Waals surface area contributed by atoms with Crippen molar-refractivity contribution in [1.82, 2.24) is 14.9 Å². The molecule has 1 aliphatic heterocycles. The van der Waals surface area contributed by atoms with E-state index in [1.807, 2.05) is 53.2 Å². The Balaban J connectivity index is 1.29. The quantitative estimate of drug-likeness (QED) is 0.608. The second-order valence-corrected chi connectivity index (χ2v) is 9.10. The van der Waals surface area contributed by atoms with Crippen molar-refractivity contribution in [3.05, 3.63) is 78.4 Å². The molecule has 156 valence electrons. The smallest absolute Gasteiger partial charge is 0.319 e. The summed E-state index contributed by atoms with van der Waals surface area (Å²) in [5, 5.41) is 5.38. The van der Waals surface area contributed by atoms with E-state index in [1.54, 1.807) is 18.6 Å². The lowest BCUT2D eigenvalue weighted by atomic mass is 10.2. The molecule has 0 unspecified atom stereocenters. The van der Waals surface area contributed by atoms with E-state index in [-0.39, 0.29) is 12.3 Å². The van der Waals surface area contributed by atoms with E-state index >= 15 is 0 Å². The van der Waals surface area contributed by atoms with Gasteiger partial charge in [0.2, 0.25) is 10.0 Å². The maximum atomic E-state index is 12.7. The second-order valence-electron chi connectivity index (χ2n) is 7.08. The number of nitrogens with zero attached hydrogens (tertiary/aromatic N) is 3. The van der Waals surface area contributed by atoms with Gasteiger partial charge in [-0.15, -0.1) is 0 Å². The van der Waals surface area contributed by atoms with E-state index in [2.05, 4.69) is 15.6 Å². The monoisotopic (exact) mass is 425 g/mol. The number of urea groups is 1. The third kappa shape index (κ3) is 4.62. The first-order valence-corrected chi connectivity index (χ1v) is 11.3. The maximum Gasteiger partial charge on any atom is 0.319 e. The predicted molar refractivity (Wildman–Crippen MR) is 116 cm³/mol. The molecule has 0 aliphatic carbocycles. The highest BCUT2D eigenvalue weighted by atomic mass is 32.2. The Morgan fingerprint density at radius 1 is 1.13 bits per heavy atom. The van der Waals surface area contributed by atoms with E-state index in [4.69, 9.17) is 0 Å². The van der Waals surface area contributed by atoms with Crippen LogP contribution in [0, 0.1) is 0 Å². The highest BCUT2D eigenvalue weighted by Gasteiger charge is 2.28. The number of fused-ring (bicyclic) bond motifs is 1. The fourth-order valence-corrected chi connectivity index (χ4v) is 4.94. The molecule has 8 nitrogen and oxygen atoms in total. The van der Waals surface area contributed by atoms with Crippen LogP contribution in [0.5, 0.6) is 0 Å². The summed E-state index contributed by atoms with van der Waals surface area (Å²) in [5.41, 5.74) is 3.42. The zero-order valence-electron chi connectivity index (χ0n) is 16.4. The first-order valence-electron chi connectivity index (χ1n) is 9.69. The van der Waals surface area contributed by atoms with Gasteiger partial charge in [-0.05, 0) is 35.7 Å². The highest BCUT2D eigenvalue weighted by molar-refractivity contribution is 7.92. The van der Waals surface area contributed by atoms with E-state index in [1.165, 1.54) is 4.31 Å². The summed E-state index contributed by atoms with van der Waals surface area (Å²) in [4.78, 5) is 16.2. The third-order valence-electron chi connectivity index (χ3n) is 4.94. The number of benzene rings is 2. The number of carbonyl (C=O) groups is 1. The molecule has 1 aliphatic rings. The van der Waals surface area contributed by atoms with Gasteiger partial charge in [0, 0.05) is 37.7 Å². The van der Waals surface area contributed by atoms with Crippen LogP contribution in [0.1, 0.15) is 11.1 Å². The normalized spacial score (nSPS) is 13.1. The molecule has 0 fully saturated rings. The first kappa shape index (κ1) is 20.0. The predicted octanol–water partition coefficient (Wildman–Crippen LogP) is 2.45. The number of hydrogen-bond acceptors (Lipinski definition) is 4. The van der Waals surface area contributed by atoms with Crippen LogP contribution in [0.25, 0.3) is 0 Å². The van der Waals surface area contributed by atoms with Gasteiger partial charge in [0.05, 0.1) is 17.8 Å². The van der Waals surface area contributed by atoms with Crippen LogP contribution in [0.4, 0.5) is 16.2 Å². The van der Waals surface area contributed by atoms with Crippen molar-refractivity contribution >= 4 is 27.4 Å². The van der Waals surface area contributed by atoms with Crippen molar-refractivity contribution < 1.29 is 13.2 Å². The van der Waals surface area contributed by atoms with Crippen molar-refractivity contribution in [2.75, 3.05) is 28.5 Å². The molecule has 0 saturated carbocycles. The van der Waals surface area contributed by atoms with E-state index in [0.717, 1.165) is 16.8 Å². The Morgan fingerprint density at radius 2 is 2.00 bits per heavy atom. The van der Waals surface area contributed by atoms with Gasteiger partial charge in [0.15, 0.2) is 0 Å². The summed E-state index contributed by atoms with van der Waals surface area (Å²) < 4.78 is 28.7. The van der Waals surface area contributed by atoms with Crippen LogP contribution in [0.3, 0.4) is 0 Å². The van der Waals surface area contributed by atoms with Gasteiger partial charge >= 0.3 is 6.03 Å². The number of imidazole rings is 1. The molecular formula is C21H23N5O3S. The van der Waals surface area contributed by atoms with E-state index < -0.39 is 16.1 Å². The molecule has 2 amide bonds. The second kappa shape index (κ2) is 8.58. The van der Waals surface area contributed by atoms with Crippen molar-refractivity contribution in [1.29, 1.82) is 0 Å². The fourth-order valence-electron chi connectivity index (χ4n) is 3.51. The lowest BCUT2D eigenvalue weighted by Crippen LogP contribution is -2.38. The lowest BCUT2D eigenvalue weighted by Gasteiger charge is -2.19. The zero-order chi connectivity index (χ0) is 21.0. The van der Waals surface area contributed by atoms with Crippen LogP contribution in [0.2, 0.25) is 0 Å². The molecule has 2 heterocycles. The summed E-state index contributed by atoms with van der Waals surface area (Å²) in [6.45, 7) is 1.12. The van der Waals surface area contributed by atoms with Gasteiger partial charge in [-0.3, -0.25) is 4.31 Å². The number of aromatic nitrogens is 2. The summed E-state index contributed by atoms with van der Waals surface area (Å²) in [5.74, 6) is -0.157. The van der Waals surface area contributed by atoms with Crippen molar-refractivity contribution in [2.45, 2.75) is 13.0 Å². The molecule has 0 radical (unpaired) electrons. The number of sulfonamides is 1. The van der Waals surface area contributed by atoms with E-state index in [9.17, 15) is 13.2 Å². The summed E-state index contributed by atoms with van der Waals surface area (Å²) in [6, 6.07) is 14.5. The van der Waals surface area contributed by atoms with Crippen LogP contribution >= 0.6 is 0 Å². The minimum Gasteiger partial charge on any atom is -0.337 e. The molecular weight excluding hydrogens is 402 g/mol. The molecule has 0 saturated heterocycles. The largest absolute Gasteiger partial charge is 0.337 e. The topological polar surface area (TPSA) is 96.3 Å². The minimum absolute atomic E-state index is 0.0293. The van der Waals surface area contributed by atoms with Crippen LogP contribution in [-0.2, 0) is 23.0 Å². The lowest BCUT2D eigenvalue weighted by molar-refractivity contribution is 0.252. The fraction of sp³-hybridized carbons (Fsp3) is 0.238. The average Bonchev–Trinajstić information content (AvgIpc) is 3.38. The maximum absolute atomic E-state index is 12.7. The molecule has 30 heavy (non-hydrogen) atoms. The Bertz CT molecular complexity index is 1130. The molecule has 0 atom stereocenters. The average molecular weight is 426 g/mol. The summed E-state index contributed by atoms with van der Waals surface area (Å²) in [6.07, 6.45) is 6.01. The van der Waals surface area contributed by atoms with Crippen LogP contribution in [-0.4, -0.2) is 42.8 Å². The van der Waals surface area contributed by atoms with Crippen LogP contribution in [0.15, 0.2) is 67.3 Å². The standard InChI is InChI=1S/C21H23N5O3S/c27-21(24-19-6-3-4-17(14-19)15-25-12-9-22-16-25)23-10-13-30(28,29)26-11-8-18-5-1-2-7-20(18)26/h1-7,9,12,14,16H,8,10-11,13,15H2,(H2,23,24,27). The minimum atomic E-state index is -3.50. The Morgan fingerprint density at radius 3 is 2.83 bits per heavy atom. The van der Waals surface area contributed by atoms with Crippen molar-refractivity contribution in [2.24, 2.45) is 0 Å². The molecule has 0 bridgehead atoms. The zero-order valence-corrected chi connectivity index (χ0v) is 17.2. The number of rotatable bonds is 7. The number of hydrogen-bond donors (Lipinski definition) is 2. The molecule has 2 N–H and O–H groups in total. The highest BCUT2D eigenvalue weighted by Crippen LogP contribution is 2.29. The molecule has 2 aromatic carbocycles. The van der Waals surface area contributed by atoms with Gasteiger partial charge in [-0.1, -0.05) is 30.3 Å². The van der Waals surface area contributed by atoms with E-state index in [0.29, 0.717) is 25.2 Å². The molecule has 9 heteroatoms. The molecule has 3 aromatic rings. The summed E-state index contributed by atoms with van der Waals surface area (Å²) in [7, 11) is -3.50. The SMILES string of the molecule is O=C(NCCS(=O)(=O)N1CCc2ccccc21)Nc1cccc(Cn2ccnc2)c1. The molecule has 0 spiro atoms. The van der Waals surface area contributed by atoms with Crippen molar-refractivity contribution in [3.63, 3.8) is 0 Å². The van der Waals surface area contributed by atoms with Crippen molar-refractivity contribution in [3.8, 4) is 0 Å². The van der Waals surface area contributed by atoms with Gasteiger partial charge in [-0.25, -0.2) is 18.2 Å². The summed E-state index contributed by atoms with van der Waals surface area (Å²) >= 11 is 0. The van der Waals surface area contributed by atoms with Gasteiger partial charge in [-0.2, -0.15) is 0 Å². The van der Waals surface area contributed by atoms with Gasteiger partial charge < -0.3 is 15.2 Å². The number of amides is 2.